The Morgan fingerprint density at radius 2 is 2.43 bits per heavy atom. The molecule has 0 bridgehead atoms. The molecule has 0 aliphatic carbocycles. The molecule has 8 heteroatoms. The van der Waals surface area contributed by atoms with Crippen molar-refractivity contribution < 1.29 is 9.72 Å². The van der Waals surface area contributed by atoms with E-state index < -0.39 is 10.8 Å². The van der Waals surface area contributed by atoms with Crippen molar-refractivity contribution in [1.82, 2.24) is 15.6 Å². The molecule has 2 N–H and O–H groups in total. The molecule has 21 heavy (non-hydrogen) atoms. The zero-order chi connectivity index (χ0) is 15.5. The SMILES string of the molecule is CC1(CNC(=O)c2cc([N+](=O)[O-])cnc2Cl)CCCNC1. The molecule has 1 aliphatic rings. The van der Waals surface area contributed by atoms with Crippen molar-refractivity contribution in [3.63, 3.8) is 0 Å². The minimum atomic E-state index is -0.605. The van der Waals surface area contributed by atoms with E-state index in [0.717, 1.165) is 38.2 Å². The summed E-state index contributed by atoms with van der Waals surface area (Å²) < 4.78 is 0. The van der Waals surface area contributed by atoms with E-state index in [2.05, 4.69) is 22.5 Å². The molecule has 1 aromatic rings. The van der Waals surface area contributed by atoms with Gasteiger partial charge in [-0.15, -0.1) is 0 Å². The molecule has 1 aliphatic heterocycles. The summed E-state index contributed by atoms with van der Waals surface area (Å²) in [5.74, 6) is -0.442. The first-order valence-corrected chi connectivity index (χ1v) is 7.08. The smallest absolute Gasteiger partial charge is 0.288 e. The minimum absolute atomic E-state index is 0.0193. The van der Waals surface area contributed by atoms with Gasteiger partial charge in [0.25, 0.3) is 11.6 Å². The number of amides is 1. The third-order valence-electron chi connectivity index (χ3n) is 3.64. The fourth-order valence-electron chi connectivity index (χ4n) is 2.35. The van der Waals surface area contributed by atoms with Gasteiger partial charge in [-0.1, -0.05) is 18.5 Å². The summed E-state index contributed by atoms with van der Waals surface area (Å²) in [6, 6.07) is 1.14. The second-order valence-electron chi connectivity index (χ2n) is 5.56. The summed E-state index contributed by atoms with van der Waals surface area (Å²) in [4.78, 5) is 26.0. The Balaban J connectivity index is 2.06. The molecular weight excluding hydrogens is 296 g/mol. The first-order valence-electron chi connectivity index (χ1n) is 6.70. The highest BCUT2D eigenvalue weighted by Gasteiger charge is 2.28. The molecule has 0 spiro atoms. The second kappa shape index (κ2) is 6.36. The van der Waals surface area contributed by atoms with E-state index >= 15 is 0 Å². The maximum Gasteiger partial charge on any atom is 0.288 e. The zero-order valence-corrected chi connectivity index (χ0v) is 12.4. The fraction of sp³-hybridized carbons (Fsp3) is 0.538. The lowest BCUT2D eigenvalue weighted by Crippen LogP contribution is -2.45. The monoisotopic (exact) mass is 312 g/mol. The average Bonchev–Trinajstić information content (AvgIpc) is 2.46. The third-order valence-corrected chi connectivity index (χ3v) is 3.94. The van der Waals surface area contributed by atoms with Gasteiger partial charge in [-0.3, -0.25) is 14.9 Å². The van der Waals surface area contributed by atoms with Crippen molar-refractivity contribution in [2.24, 2.45) is 5.41 Å². The van der Waals surface area contributed by atoms with Crippen LogP contribution in [0, 0.1) is 15.5 Å². The van der Waals surface area contributed by atoms with Crippen LogP contribution in [0.5, 0.6) is 0 Å². The highest BCUT2D eigenvalue weighted by Crippen LogP contribution is 2.25. The van der Waals surface area contributed by atoms with Gasteiger partial charge in [0.2, 0.25) is 0 Å². The number of pyridine rings is 1. The quantitative estimate of drug-likeness (QED) is 0.501. The molecule has 2 heterocycles. The van der Waals surface area contributed by atoms with E-state index in [-0.39, 0.29) is 21.8 Å². The molecule has 1 aromatic heterocycles. The Bertz CT molecular complexity index is 558. The lowest BCUT2D eigenvalue weighted by atomic mass is 9.83. The molecule has 1 unspecified atom stereocenters. The van der Waals surface area contributed by atoms with Crippen molar-refractivity contribution in [2.45, 2.75) is 19.8 Å². The molecule has 1 amide bonds. The van der Waals surface area contributed by atoms with Crippen molar-refractivity contribution in [1.29, 1.82) is 0 Å². The summed E-state index contributed by atoms with van der Waals surface area (Å²) in [6.07, 6.45) is 3.11. The number of aromatic nitrogens is 1. The van der Waals surface area contributed by atoms with E-state index in [9.17, 15) is 14.9 Å². The van der Waals surface area contributed by atoms with Gasteiger partial charge in [0.15, 0.2) is 0 Å². The van der Waals surface area contributed by atoms with E-state index in [4.69, 9.17) is 11.6 Å². The molecular formula is C13H17ClN4O3. The van der Waals surface area contributed by atoms with Crippen LogP contribution in [-0.4, -0.2) is 35.4 Å². The van der Waals surface area contributed by atoms with E-state index in [1.54, 1.807) is 0 Å². The highest BCUT2D eigenvalue weighted by molar-refractivity contribution is 6.32. The molecule has 1 atom stereocenters. The first kappa shape index (κ1) is 15.7. The number of halogens is 1. The number of carbonyl (C=O) groups is 1. The summed E-state index contributed by atoms with van der Waals surface area (Å²) in [5, 5.41) is 16.8. The predicted octanol–water partition coefficient (Wildman–Crippen LogP) is 1.76. The predicted molar refractivity (Wildman–Crippen MR) is 78.4 cm³/mol. The molecule has 114 valence electrons. The van der Waals surface area contributed by atoms with Crippen molar-refractivity contribution in [3.05, 3.63) is 33.1 Å². The van der Waals surface area contributed by atoms with Crippen molar-refractivity contribution in [3.8, 4) is 0 Å². The van der Waals surface area contributed by atoms with Crippen LogP contribution in [0.15, 0.2) is 12.3 Å². The number of piperidine rings is 1. The Hall–Kier alpha value is -1.73. The van der Waals surface area contributed by atoms with Gasteiger partial charge < -0.3 is 10.6 Å². The largest absolute Gasteiger partial charge is 0.351 e. The molecule has 7 nitrogen and oxygen atoms in total. The summed E-state index contributed by atoms with van der Waals surface area (Å²) in [5.41, 5.74) is -0.248. The summed E-state index contributed by atoms with van der Waals surface area (Å²) in [7, 11) is 0. The van der Waals surface area contributed by atoms with Crippen LogP contribution >= 0.6 is 11.6 Å². The normalized spacial score (nSPS) is 21.8. The summed E-state index contributed by atoms with van der Waals surface area (Å²) in [6.45, 7) is 4.39. The second-order valence-corrected chi connectivity index (χ2v) is 5.92. The van der Waals surface area contributed by atoms with E-state index in [1.165, 1.54) is 0 Å². The third kappa shape index (κ3) is 3.89. The van der Waals surface area contributed by atoms with Crippen molar-refractivity contribution >= 4 is 23.2 Å². The molecule has 1 saturated heterocycles. The minimum Gasteiger partial charge on any atom is -0.351 e. The summed E-state index contributed by atoms with van der Waals surface area (Å²) >= 11 is 5.85. The van der Waals surface area contributed by atoms with Gasteiger partial charge in [0, 0.05) is 19.2 Å². The highest BCUT2D eigenvalue weighted by atomic mass is 35.5. The standard InChI is InChI=1S/C13H17ClN4O3/c1-13(3-2-4-15-7-13)8-17-12(19)10-5-9(18(20)21)6-16-11(10)14/h5-6,15H,2-4,7-8H2,1H3,(H,17,19). The Kier molecular flexibility index (Phi) is 4.74. The van der Waals surface area contributed by atoms with Crippen LogP contribution in [0.3, 0.4) is 0 Å². The topological polar surface area (TPSA) is 97.2 Å². The van der Waals surface area contributed by atoms with Gasteiger partial charge in [-0.05, 0) is 24.8 Å². The maximum absolute atomic E-state index is 12.1. The number of carbonyl (C=O) groups excluding carboxylic acids is 1. The fourth-order valence-corrected chi connectivity index (χ4v) is 2.54. The lowest BCUT2D eigenvalue weighted by Gasteiger charge is -2.34. The Labute approximate surface area is 127 Å². The van der Waals surface area contributed by atoms with Gasteiger partial charge in [0.05, 0.1) is 10.5 Å². The van der Waals surface area contributed by atoms with Crippen LogP contribution in [0.1, 0.15) is 30.1 Å². The number of nitrogens with zero attached hydrogens (tertiary/aromatic N) is 2. The number of nitro groups is 1. The Morgan fingerprint density at radius 3 is 3.05 bits per heavy atom. The van der Waals surface area contributed by atoms with Crippen LogP contribution < -0.4 is 10.6 Å². The molecule has 0 radical (unpaired) electrons. The van der Waals surface area contributed by atoms with Gasteiger partial charge in [0.1, 0.15) is 11.3 Å². The molecule has 2 rings (SSSR count). The number of nitrogens with one attached hydrogen (secondary N) is 2. The maximum atomic E-state index is 12.1. The van der Waals surface area contributed by atoms with Crippen LogP contribution in [0.4, 0.5) is 5.69 Å². The number of rotatable bonds is 4. The van der Waals surface area contributed by atoms with Gasteiger partial charge in [-0.25, -0.2) is 4.98 Å². The number of hydrogen-bond donors (Lipinski definition) is 2. The average molecular weight is 313 g/mol. The van der Waals surface area contributed by atoms with E-state index in [1.807, 2.05) is 0 Å². The van der Waals surface area contributed by atoms with Crippen LogP contribution in [-0.2, 0) is 0 Å². The Morgan fingerprint density at radius 1 is 1.67 bits per heavy atom. The first-order chi connectivity index (χ1) is 9.91. The van der Waals surface area contributed by atoms with Gasteiger partial charge >= 0.3 is 0 Å². The van der Waals surface area contributed by atoms with Crippen LogP contribution in [0.25, 0.3) is 0 Å². The van der Waals surface area contributed by atoms with Crippen LogP contribution in [0.2, 0.25) is 5.15 Å². The van der Waals surface area contributed by atoms with Crippen molar-refractivity contribution in [2.75, 3.05) is 19.6 Å². The van der Waals surface area contributed by atoms with E-state index in [0.29, 0.717) is 6.54 Å². The lowest BCUT2D eigenvalue weighted by molar-refractivity contribution is -0.385. The van der Waals surface area contributed by atoms with Gasteiger partial charge in [-0.2, -0.15) is 0 Å². The molecule has 1 fully saturated rings. The number of hydrogen-bond acceptors (Lipinski definition) is 5. The zero-order valence-electron chi connectivity index (χ0n) is 11.7. The molecule has 0 aromatic carbocycles. The molecule has 0 saturated carbocycles.